The summed E-state index contributed by atoms with van der Waals surface area (Å²) < 4.78 is 0. The van der Waals surface area contributed by atoms with E-state index in [-0.39, 0.29) is 0 Å². The van der Waals surface area contributed by atoms with Gasteiger partial charge in [-0.1, -0.05) is 12.7 Å². The van der Waals surface area contributed by atoms with Gasteiger partial charge in [-0.05, 0) is 13.8 Å². The zero-order valence-electron chi connectivity index (χ0n) is 6.39. The van der Waals surface area contributed by atoms with E-state index in [1.807, 2.05) is 19.9 Å². The van der Waals surface area contributed by atoms with E-state index in [0.717, 1.165) is 5.70 Å². The van der Waals surface area contributed by atoms with E-state index >= 15 is 0 Å². The molecule has 2 nitrogen and oxygen atoms in total. The Balaban J connectivity index is 4.55. The van der Waals surface area contributed by atoms with Crippen molar-refractivity contribution < 1.29 is 0 Å². The maximum atomic E-state index is 5.47. The number of aliphatic imine (C=N–C) groups is 1. The highest BCUT2D eigenvalue weighted by Crippen LogP contribution is 2.01. The zero-order valence-corrected chi connectivity index (χ0v) is 6.39. The molecule has 0 heterocycles. The largest absolute Gasteiger partial charge is 0.391 e. The van der Waals surface area contributed by atoms with Crippen LogP contribution in [0, 0.1) is 0 Å². The van der Waals surface area contributed by atoms with Gasteiger partial charge < -0.3 is 5.73 Å². The van der Waals surface area contributed by atoms with Crippen LogP contribution >= 0.6 is 0 Å². The minimum absolute atomic E-state index is 0.487. The number of hydrogen-bond donors (Lipinski definition) is 1. The van der Waals surface area contributed by atoms with Crippen LogP contribution in [0.15, 0.2) is 34.8 Å². The smallest absolute Gasteiger partial charge is 0.0999 e. The number of allylic oxidation sites excluding steroid dienone is 1. The Bertz CT molecular complexity index is 205. The van der Waals surface area contributed by atoms with Crippen molar-refractivity contribution in [2.45, 2.75) is 13.8 Å². The Labute approximate surface area is 61.5 Å². The molecule has 0 fully saturated rings. The first-order valence-electron chi connectivity index (χ1n) is 3.07. The van der Waals surface area contributed by atoms with Gasteiger partial charge in [0.15, 0.2) is 0 Å². The maximum Gasteiger partial charge on any atom is 0.0999 e. The normalized spacial score (nSPS) is 11.6. The topological polar surface area (TPSA) is 38.4 Å². The summed E-state index contributed by atoms with van der Waals surface area (Å²) in [6.45, 7) is 7.11. The molecule has 0 unspecified atom stereocenters. The molecule has 54 valence electrons. The highest BCUT2D eigenvalue weighted by Gasteiger charge is 1.91. The molecule has 0 aromatic rings. The summed E-state index contributed by atoms with van der Waals surface area (Å²) in [6, 6.07) is 0. The van der Waals surface area contributed by atoms with Crippen LogP contribution in [0.3, 0.4) is 0 Å². The first-order chi connectivity index (χ1) is 4.76. The van der Waals surface area contributed by atoms with Crippen LogP contribution in [0.5, 0.6) is 0 Å². The Morgan fingerprint density at radius 2 is 2.20 bits per heavy atom. The molecule has 2 heteroatoms. The lowest BCUT2D eigenvalue weighted by atomic mass is 10.3. The molecule has 0 bridgehead atoms. The van der Waals surface area contributed by atoms with Gasteiger partial charge in [-0.3, -0.25) is 4.99 Å². The lowest BCUT2D eigenvalue weighted by Crippen LogP contribution is -1.97. The van der Waals surface area contributed by atoms with Crippen LogP contribution in [0.2, 0.25) is 0 Å². The third kappa shape index (κ3) is 2.33. The second-order valence-corrected chi connectivity index (χ2v) is 1.65. The SMILES string of the molecule is C=C=C(N)/C(=C/C)N=CC. The highest BCUT2D eigenvalue weighted by molar-refractivity contribution is 5.56. The summed E-state index contributed by atoms with van der Waals surface area (Å²) >= 11 is 0. The van der Waals surface area contributed by atoms with E-state index in [1.165, 1.54) is 0 Å². The maximum absolute atomic E-state index is 5.47. The lowest BCUT2D eigenvalue weighted by molar-refractivity contribution is 1.24. The molecule has 0 aliphatic carbocycles. The summed E-state index contributed by atoms with van der Waals surface area (Å²) in [4.78, 5) is 3.98. The molecule has 0 spiro atoms. The standard InChI is InChI=1S/C8H12N2/c1-4-7(9)8(5-2)10-6-3/h5-6H,1,9H2,2-3H3/b8-5-,10-6?. The van der Waals surface area contributed by atoms with Crippen LogP contribution in [0.4, 0.5) is 0 Å². The molecule has 0 saturated carbocycles. The number of rotatable bonds is 2. The van der Waals surface area contributed by atoms with Gasteiger partial charge in [-0.15, -0.1) is 5.73 Å². The molecule has 0 rings (SSSR count). The summed E-state index contributed by atoms with van der Waals surface area (Å²) in [7, 11) is 0. The van der Waals surface area contributed by atoms with Gasteiger partial charge in [0.1, 0.15) is 0 Å². The van der Waals surface area contributed by atoms with Crippen molar-refractivity contribution in [2.75, 3.05) is 0 Å². The van der Waals surface area contributed by atoms with E-state index in [2.05, 4.69) is 17.3 Å². The Morgan fingerprint density at radius 3 is 2.50 bits per heavy atom. The summed E-state index contributed by atoms with van der Waals surface area (Å²) in [5.74, 6) is 0. The first kappa shape index (κ1) is 8.73. The summed E-state index contributed by atoms with van der Waals surface area (Å²) in [5, 5.41) is 0. The van der Waals surface area contributed by atoms with Gasteiger partial charge in [0.05, 0.1) is 11.4 Å². The minimum atomic E-state index is 0.487. The van der Waals surface area contributed by atoms with Crippen molar-refractivity contribution in [3.05, 3.63) is 29.8 Å². The van der Waals surface area contributed by atoms with Crippen molar-refractivity contribution in [3.63, 3.8) is 0 Å². The van der Waals surface area contributed by atoms with Crippen molar-refractivity contribution in [2.24, 2.45) is 10.7 Å². The van der Waals surface area contributed by atoms with Crippen molar-refractivity contribution in [3.8, 4) is 0 Å². The average Bonchev–Trinajstić information content (AvgIpc) is 1.99. The molecule has 0 atom stereocenters. The third-order valence-electron chi connectivity index (χ3n) is 1.01. The lowest BCUT2D eigenvalue weighted by Gasteiger charge is -1.95. The van der Waals surface area contributed by atoms with E-state index in [0.29, 0.717) is 5.70 Å². The molecule has 10 heavy (non-hydrogen) atoms. The molecule has 0 amide bonds. The van der Waals surface area contributed by atoms with E-state index in [1.54, 1.807) is 6.21 Å². The molecule has 2 N–H and O–H groups in total. The van der Waals surface area contributed by atoms with Gasteiger partial charge in [0, 0.05) is 6.21 Å². The molecule has 0 aliphatic rings. The second kappa shape index (κ2) is 4.59. The predicted octanol–water partition coefficient (Wildman–Crippen LogP) is 1.61. The summed E-state index contributed by atoms with van der Waals surface area (Å²) in [6.07, 6.45) is 3.49. The van der Waals surface area contributed by atoms with Crippen molar-refractivity contribution in [1.29, 1.82) is 0 Å². The average molecular weight is 136 g/mol. The fourth-order valence-corrected chi connectivity index (χ4v) is 0.529. The fraction of sp³-hybridized carbons (Fsp3) is 0.250. The Kier molecular flexibility index (Phi) is 4.01. The van der Waals surface area contributed by atoms with Crippen LogP contribution in [-0.2, 0) is 0 Å². The zero-order chi connectivity index (χ0) is 7.98. The van der Waals surface area contributed by atoms with Crippen molar-refractivity contribution in [1.82, 2.24) is 0 Å². The van der Waals surface area contributed by atoms with Gasteiger partial charge in [0.2, 0.25) is 0 Å². The minimum Gasteiger partial charge on any atom is -0.391 e. The second-order valence-electron chi connectivity index (χ2n) is 1.65. The van der Waals surface area contributed by atoms with Gasteiger partial charge in [0.25, 0.3) is 0 Å². The molecule has 0 radical (unpaired) electrons. The number of nitrogens with zero attached hydrogens (tertiary/aromatic N) is 1. The van der Waals surface area contributed by atoms with Crippen molar-refractivity contribution >= 4 is 6.21 Å². The number of hydrogen-bond acceptors (Lipinski definition) is 2. The van der Waals surface area contributed by atoms with Gasteiger partial charge >= 0.3 is 0 Å². The molecule has 0 aromatic heterocycles. The predicted molar refractivity (Wildman–Crippen MR) is 44.8 cm³/mol. The monoisotopic (exact) mass is 136 g/mol. The van der Waals surface area contributed by atoms with Crippen LogP contribution in [0.1, 0.15) is 13.8 Å². The van der Waals surface area contributed by atoms with Gasteiger partial charge in [-0.2, -0.15) is 0 Å². The van der Waals surface area contributed by atoms with Crippen LogP contribution < -0.4 is 5.73 Å². The fourth-order valence-electron chi connectivity index (χ4n) is 0.529. The molecular formula is C8H12N2. The first-order valence-corrected chi connectivity index (χ1v) is 3.07. The van der Waals surface area contributed by atoms with E-state index < -0.39 is 0 Å². The Morgan fingerprint density at radius 1 is 1.60 bits per heavy atom. The van der Waals surface area contributed by atoms with Crippen LogP contribution in [-0.4, -0.2) is 6.21 Å². The quantitative estimate of drug-likeness (QED) is 0.349. The van der Waals surface area contributed by atoms with Gasteiger partial charge in [-0.25, -0.2) is 0 Å². The number of nitrogens with two attached hydrogens (primary N) is 1. The molecule has 0 aliphatic heterocycles. The molecular weight excluding hydrogens is 124 g/mol. The highest BCUT2D eigenvalue weighted by atomic mass is 14.8. The van der Waals surface area contributed by atoms with Crippen LogP contribution in [0.25, 0.3) is 0 Å². The van der Waals surface area contributed by atoms with E-state index in [4.69, 9.17) is 5.73 Å². The summed E-state index contributed by atoms with van der Waals surface area (Å²) in [5.41, 5.74) is 9.24. The third-order valence-corrected chi connectivity index (χ3v) is 1.01. The molecule has 0 aromatic carbocycles. The van der Waals surface area contributed by atoms with E-state index in [9.17, 15) is 0 Å². The molecule has 0 saturated heterocycles. The Hall–Kier alpha value is -1.27.